The molecular formula is C10H9BrF2INO2. The van der Waals surface area contributed by atoms with E-state index in [1.54, 1.807) is 6.92 Å². The highest BCUT2D eigenvalue weighted by Crippen LogP contribution is 2.25. The van der Waals surface area contributed by atoms with Gasteiger partial charge in [-0.2, -0.15) is 0 Å². The number of hydrogen-bond acceptors (Lipinski definition) is 3. The first-order valence-electron chi connectivity index (χ1n) is 4.71. The highest BCUT2D eigenvalue weighted by Gasteiger charge is 2.23. The molecule has 7 heteroatoms. The zero-order chi connectivity index (χ0) is 13.0. The minimum Gasteiger partial charge on any atom is -0.462 e. The molecule has 17 heavy (non-hydrogen) atoms. The Hall–Kier alpha value is -0.310. The van der Waals surface area contributed by atoms with Gasteiger partial charge in [-0.1, -0.05) is 15.9 Å². The lowest BCUT2D eigenvalue weighted by Crippen LogP contribution is -2.12. The topological polar surface area (TPSA) is 39.2 Å². The molecule has 0 aromatic carbocycles. The molecule has 0 amide bonds. The van der Waals surface area contributed by atoms with Crippen molar-refractivity contribution in [3.8, 4) is 0 Å². The van der Waals surface area contributed by atoms with Crippen molar-refractivity contribution in [1.29, 1.82) is 0 Å². The zero-order valence-electron chi connectivity index (χ0n) is 8.84. The molecule has 3 nitrogen and oxygen atoms in total. The number of pyridine rings is 1. The minimum absolute atomic E-state index is 0.137. The van der Waals surface area contributed by atoms with Gasteiger partial charge in [0.1, 0.15) is 5.69 Å². The molecule has 0 unspecified atom stereocenters. The standard InChI is InChI=1S/C10H9BrF2INO2/c1-2-17-10(16)5-3-6(14)7(4-11)15-8(5)9(12)13/h3,9H,2,4H2,1H3. The Bertz CT molecular complexity index is 429. The van der Waals surface area contributed by atoms with Crippen molar-refractivity contribution in [2.75, 3.05) is 6.61 Å². The molecule has 1 heterocycles. The Morgan fingerprint density at radius 1 is 1.65 bits per heavy atom. The van der Waals surface area contributed by atoms with Crippen molar-refractivity contribution in [3.05, 3.63) is 26.6 Å². The fraction of sp³-hybridized carbons (Fsp3) is 0.400. The van der Waals surface area contributed by atoms with E-state index in [0.29, 0.717) is 14.6 Å². The summed E-state index contributed by atoms with van der Waals surface area (Å²) >= 11 is 5.10. The van der Waals surface area contributed by atoms with E-state index in [2.05, 4.69) is 20.9 Å². The average Bonchev–Trinajstić information content (AvgIpc) is 2.28. The van der Waals surface area contributed by atoms with Crippen LogP contribution >= 0.6 is 38.5 Å². The molecule has 0 radical (unpaired) electrons. The highest BCUT2D eigenvalue weighted by molar-refractivity contribution is 14.1. The second kappa shape index (κ2) is 6.58. The molecule has 94 valence electrons. The van der Waals surface area contributed by atoms with Crippen molar-refractivity contribution in [2.45, 2.75) is 18.7 Å². The van der Waals surface area contributed by atoms with Gasteiger partial charge in [-0.05, 0) is 35.6 Å². The number of hydrogen-bond donors (Lipinski definition) is 0. The molecule has 0 aliphatic heterocycles. The number of carbonyl (C=O) groups is 1. The Morgan fingerprint density at radius 2 is 2.29 bits per heavy atom. The molecular weight excluding hydrogens is 411 g/mol. The molecule has 0 saturated carbocycles. The van der Waals surface area contributed by atoms with E-state index >= 15 is 0 Å². The van der Waals surface area contributed by atoms with Gasteiger partial charge in [-0.15, -0.1) is 0 Å². The van der Waals surface area contributed by atoms with E-state index in [-0.39, 0.29) is 12.2 Å². The largest absolute Gasteiger partial charge is 0.462 e. The fourth-order valence-electron chi connectivity index (χ4n) is 1.18. The predicted molar refractivity (Wildman–Crippen MR) is 70.5 cm³/mol. The van der Waals surface area contributed by atoms with E-state index in [1.165, 1.54) is 6.07 Å². The van der Waals surface area contributed by atoms with Crippen LogP contribution in [-0.4, -0.2) is 17.6 Å². The summed E-state index contributed by atoms with van der Waals surface area (Å²) in [5, 5.41) is 0.355. The van der Waals surface area contributed by atoms with Crippen LogP contribution in [0.2, 0.25) is 0 Å². The average molecular weight is 420 g/mol. The number of ether oxygens (including phenoxy) is 1. The van der Waals surface area contributed by atoms with E-state index in [4.69, 9.17) is 4.74 Å². The van der Waals surface area contributed by atoms with Crippen LogP contribution in [0.1, 0.15) is 35.1 Å². The number of alkyl halides is 3. The smallest absolute Gasteiger partial charge is 0.340 e. The van der Waals surface area contributed by atoms with Crippen LogP contribution in [-0.2, 0) is 10.1 Å². The van der Waals surface area contributed by atoms with Crippen LogP contribution in [0.25, 0.3) is 0 Å². The number of halogens is 4. The SMILES string of the molecule is CCOC(=O)c1cc(I)c(CBr)nc1C(F)F. The van der Waals surface area contributed by atoms with E-state index in [0.717, 1.165) is 0 Å². The van der Waals surface area contributed by atoms with Crippen molar-refractivity contribution in [1.82, 2.24) is 4.98 Å². The Morgan fingerprint density at radius 3 is 2.76 bits per heavy atom. The predicted octanol–water partition coefficient (Wildman–Crippen LogP) is 3.70. The molecule has 1 rings (SSSR count). The Kier molecular flexibility index (Phi) is 5.71. The molecule has 1 aromatic rings. The molecule has 0 bridgehead atoms. The third kappa shape index (κ3) is 3.57. The number of rotatable bonds is 4. The Balaban J connectivity index is 3.27. The molecule has 0 saturated heterocycles. The van der Waals surface area contributed by atoms with Gasteiger partial charge >= 0.3 is 5.97 Å². The molecule has 0 fully saturated rings. The van der Waals surface area contributed by atoms with Crippen molar-refractivity contribution < 1.29 is 18.3 Å². The molecule has 0 aliphatic rings. The van der Waals surface area contributed by atoms with Crippen LogP contribution in [0, 0.1) is 3.57 Å². The van der Waals surface area contributed by atoms with Crippen molar-refractivity contribution in [2.24, 2.45) is 0 Å². The maximum Gasteiger partial charge on any atom is 0.340 e. The fourth-order valence-corrected chi connectivity index (χ4v) is 2.75. The summed E-state index contributed by atoms with van der Waals surface area (Å²) in [6.45, 7) is 1.75. The quantitative estimate of drug-likeness (QED) is 0.424. The normalized spacial score (nSPS) is 10.7. The van der Waals surface area contributed by atoms with E-state index < -0.39 is 18.1 Å². The number of esters is 1. The molecule has 1 aromatic heterocycles. The first kappa shape index (κ1) is 14.7. The Labute approximate surface area is 119 Å². The summed E-state index contributed by atoms with van der Waals surface area (Å²) in [6.07, 6.45) is -2.80. The molecule has 0 atom stereocenters. The third-order valence-electron chi connectivity index (χ3n) is 1.91. The first-order valence-corrected chi connectivity index (χ1v) is 6.91. The van der Waals surface area contributed by atoms with Crippen molar-refractivity contribution in [3.63, 3.8) is 0 Å². The first-order chi connectivity index (χ1) is 8.01. The van der Waals surface area contributed by atoms with Gasteiger partial charge in [0.15, 0.2) is 0 Å². The van der Waals surface area contributed by atoms with E-state index in [9.17, 15) is 13.6 Å². The lowest BCUT2D eigenvalue weighted by Gasteiger charge is -2.10. The zero-order valence-corrected chi connectivity index (χ0v) is 12.6. The maximum atomic E-state index is 12.8. The lowest BCUT2D eigenvalue weighted by atomic mass is 10.2. The van der Waals surface area contributed by atoms with Crippen LogP contribution < -0.4 is 0 Å². The van der Waals surface area contributed by atoms with Gasteiger partial charge in [-0.25, -0.2) is 18.6 Å². The number of aromatic nitrogens is 1. The lowest BCUT2D eigenvalue weighted by molar-refractivity contribution is 0.0513. The molecule has 0 spiro atoms. The van der Waals surface area contributed by atoms with Gasteiger partial charge in [0, 0.05) is 8.90 Å². The minimum atomic E-state index is -2.80. The second-order valence-electron chi connectivity index (χ2n) is 3.00. The molecule has 0 N–H and O–H groups in total. The van der Waals surface area contributed by atoms with Gasteiger partial charge in [0.25, 0.3) is 6.43 Å². The van der Waals surface area contributed by atoms with E-state index in [1.807, 2.05) is 22.6 Å². The van der Waals surface area contributed by atoms with Crippen LogP contribution in [0.3, 0.4) is 0 Å². The summed E-state index contributed by atoms with van der Waals surface area (Å²) in [5.74, 6) is -0.769. The maximum absolute atomic E-state index is 12.8. The second-order valence-corrected chi connectivity index (χ2v) is 4.73. The van der Waals surface area contributed by atoms with Crippen LogP contribution in [0.5, 0.6) is 0 Å². The van der Waals surface area contributed by atoms with Gasteiger partial charge in [0.2, 0.25) is 0 Å². The third-order valence-corrected chi connectivity index (χ3v) is 3.37. The summed E-state index contributed by atoms with van der Waals surface area (Å²) in [6, 6.07) is 1.38. The number of nitrogens with zero attached hydrogens (tertiary/aromatic N) is 1. The summed E-state index contributed by atoms with van der Waals surface area (Å²) in [5.41, 5.74) is -0.219. The monoisotopic (exact) mass is 419 g/mol. The van der Waals surface area contributed by atoms with Gasteiger partial charge < -0.3 is 4.74 Å². The summed E-state index contributed by atoms with van der Waals surface area (Å²) in [7, 11) is 0. The number of carbonyl (C=O) groups excluding carboxylic acids is 1. The summed E-state index contributed by atoms with van der Waals surface area (Å²) < 4.78 is 30.9. The van der Waals surface area contributed by atoms with Crippen molar-refractivity contribution >= 4 is 44.5 Å². The summed E-state index contributed by atoms with van der Waals surface area (Å²) in [4.78, 5) is 15.3. The molecule has 0 aliphatic carbocycles. The van der Waals surface area contributed by atoms with Crippen LogP contribution in [0.4, 0.5) is 8.78 Å². The highest BCUT2D eigenvalue weighted by atomic mass is 127. The van der Waals surface area contributed by atoms with Crippen LogP contribution in [0.15, 0.2) is 6.07 Å². The van der Waals surface area contributed by atoms with Gasteiger partial charge in [-0.3, -0.25) is 0 Å². The van der Waals surface area contributed by atoms with Gasteiger partial charge in [0.05, 0.1) is 17.9 Å².